The summed E-state index contributed by atoms with van der Waals surface area (Å²) in [5.74, 6) is 1.88. The fourth-order valence-electron chi connectivity index (χ4n) is 6.01. The molecule has 0 spiro atoms. The third kappa shape index (κ3) is 2.58. The highest BCUT2D eigenvalue weighted by molar-refractivity contribution is 5.45. The second-order valence-corrected chi connectivity index (χ2v) is 8.60. The average Bonchev–Trinajstić information content (AvgIpc) is 2.70. The van der Waals surface area contributed by atoms with Gasteiger partial charge in [-0.3, -0.25) is 0 Å². The summed E-state index contributed by atoms with van der Waals surface area (Å²) in [6.07, 6.45) is 8.12. The van der Waals surface area contributed by atoms with Crippen molar-refractivity contribution in [1.82, 2.24) is 4.90 Å². The monoisotopic (exact) mass is 347 g/mol. The van der Waals surface area contributed by atoms with Gasteiger partial charge in [0, 0.05) is 11.5 Å². The van der Waals surface area contributed by atoms with Gasteiger partial charge in [-0.15, -0.1) is 0 Å². The number of hydrogen-bond donors (Lipinski definition) is 0. The van der Waals surface area contributed by atoms with Crippen LogP contribution in [0.5, 0.6) is 5.75 Å². The zero-order chi connectivity index (χ0) is 17.6. The molecule has 1 saturated heterocycles. The van der Waals surface area contributed by atoms with E-state index >= 15 is 0 Å². The number of fused-ring (bicyclic) bond motifs is 1. The molecule has 1 saturated carbocycles. The molecule has 3 atom stereocenters. The smallest absolute Gasteiger partial charge is 0.120 e. The normalized spacial score (nSPS) is 30.3. The number of likely N-dealkylation sites (N-methyl/N-ethyl adjacent to an activating group) is 1. The third-order valence-electron chi connectivity index (χ3n) is 7.33. The SMILES string of the molecule is CN1CC[C@@]23CCCC[C@@H]2[C@@H]1Cc1ccc(OCc2ccccc2)cc13. The molecule has 0 aromatic heterocycles. The minimum atomic E-state index is 0.412. The second-order valence-electron chi connectivity index (χ2n) is 8.60. The van der Waals surface area contributed by atoms with Crippen molar-refractivity contribution in [3.05, 3.63) is 65.2 Å². The lowest BCUT2D eigenvalue weighted by molar-refractivity contribution is 0.00270. The van der Waals surface area contributed by atoms with Gasteiger partial charge in [-0.1, -0.05) is 49.2 Å². The minimum absolute atomic E-state index is 0.412. The lowest BCUT2D eigenvalue weighted by atomic mass is 9.52. The van der Waals surface area contributed by atoms with Gasteiger partial charge in [0.15, 0.2) is 0 Å². The topological polar surface area (TPSA) is 12.5 Å². The Kier molecular flexibility index (Phi) is 4.04. The molecule has 1 aliphatic heterocycles. The van der Waals surface area contributed by atoms with Crippen LogP contribution in [0.1, 0.15) is 48.8 Å². The Labute approximate surface area is 157 Å². The highest BCUT2D eigenvalue weighted by Gasteiger charge is 2.53. The van der Waals surface area contributed by atoms with Crippen LogP contribution in [0.4, 0.5) is 0 Å². The Hall–Kier alpha value is -1.80. The molecule has 26 heavy (non-hydrogen) atoms. The van der Waals surface area contributed by atoms with E-state index in [0.29, 0.717) is 12.0 Å². The van der Waals surface area contributed by atoms with Crippen LogP contribution >= 0.6 is 0 Å². The van der Waals surface area contributed by atoms with E-state index in [1.54, 1.807) is 11.1 Å². The molecule has 2 aliphatic carbocycles. The summed E-state index contributed by atoms with van der Waals surface area (Å²) < 4.78 is 6.18. The molecule has 0 N–H and O–H groups in total. The molecule has 1 heterocycles. The summed E-state index contributed by atoms with van der Waals surface area (Å²) in [6.45, 7) is 1.90. The lowest BCUT2D eigenvalue weighted by Gasteiger charge is -2.58. The van der Waals surface area contributed by atoms with Crippen LogP contribution < -0.4 is 4.74 Å². The van der Waals surface area contributed by atoms with Crippen LogP contribution in [0.2, 0.25) is 0 Å². The summed E-state index contributed by atoms with van der Waals surface area (Å²) in [5, 5.41) is 0. The summed E-state index contributed by atoms with van der Waals surface area (Å²) in [5.41, 5.74) is 4.84. The van der Waals surface area contributed by atoms with E-state index in [2.05, 4.69) is 60.5 Å². The summed E-state index contributed by atoms with van der Waals surface area (Å²) in [7, 11) is 2.34. The molecular weight excluding hydrogens is 318 g/mol. The van der Waals surface area contributed by atoms with E-state index in [9.17, 15) is 0 Å². The molecule has 5 rings (SSSR count). The Bertz CT molecular complexity index is 786. The second kappa shape index (κ2) is 6.42. The number of nitrogens with zero attached hydrogens (tertiary/aromatic N) is 1. The first-order chi connectivity index (χ1) is 12.8. The fraction of sp³-hybridized carbons (Fsp3) is 0.500. The van der Waals surface area contributed by atoms with Crippen LogP contribution in [0.25, 0.3) is 0 Å². The van der Waals surface area contributed by atoms with Crippen LogP contribution in [0.3, 0.4) is 0 Å². The fourth-order valence-corrected chi connectivity index (χ4v) is 6.01. The molecule has 2 fully saturated rings. The molecule has 0 amide bonds. The number of likely N-dealkylation sites (tertiary alicyclic amines) is 1. The van der Waals surface area contributed by atoms with Crippen LogP contribution in [0, 0.1) is 5.92 Å². The highest BCUT2D eigenvalue weighted by atomic mass is 16.5. The first kappa shape index (κ1) is 16.4. The van der Waals surface area contributed by atoms with Gasteiger partial charge >= 0.3 is 0 Å². The zero-order valence-electron chi connectivity index (χ0n) is 15.8. The largest absolute Gasteiger partial charge is 0.489 e. The predicted octanol–water partition coefficient (Wildman–Crippen LogP) is 4.95. The number of rotatable bonds is 3. The molecule has 2 nitrogen and oxygen atoms in total. The van der Waals surface area contributed by atoms with E-state index in [0.717, 1.165) is 17.7 Å². The molecule has 2 aromatic carbocycles. The van der Waals surface area contributed by atoms with Gasteiger partial charge in [0.25, 0.3) is 0 Å². The minimum Gasteiger partial charge on any atom is -0.489 e. The van der Waals surface area contributed by atoms with Gasteiger partial charge in [0.05, 0.1) is 0 Å². The molecule has 3 aliphatic rings. The van der Waals surface area contributed by atoms with Gasteiger partial charge in [-0.05, 0) is 74.0 Å². The number of hydrogen-bond acceptors (Lipinski definition) is 2. The maximum absolute atomic E-state index is 6.18. The third-order valence-corrected chi connectivity index (χ3v) is 7.33. The van der Waals surface area contributed by atoms with Crippen molar-refractivity contribution in [2.45, 2.75) is 56.6 Å². The first-order valence-corrected chi connectivity index (χ1v) is 10.3. The van der Waals surface area contributed by atoms with Crippen LogP contribution in [-0.4, -0.2) is 24.5 Å². The van der Waals surface area contributed by atoms with Gasteiger partial charge < -0.3 is 9.64 Å². The van der Waals surface area contributed by atoms with Crippen molar-refractivity contribution >= 4 is 0 Å². The summed E-state index contributed by atoms with van der Waals surface area (Å²) in [6, 6.07) is 18.2. The van der Waals surface area contributed by atoms with Crippen molar-refractivity contribution < 1.29 is 4.74 Å². The van der Waals surface area contributed by atoms with Gasteiger partial charge in [0.2, 0.25) is 0 Å². The van der Waals surface area contributed by atoms with E-state index < -0.39 is 0 Å². The standard InChI is InChI=1S/C24H29NO/c1-25-14-13-24-12-6-5-9-21(24)23(25)15-19-10-11-20(16-22(19)24)26-17-18-7-3-2-4-8-18/h2-4,7-8,10-11,16,21,23H,5-6,9,12-15,17H2,1H3/t21-,23+,24+/m1/s1. The molecule has 0 unspecified atom stereocenters. The van der Waals surface area contributed by atoms with Crippen LogP contribution in [-0.2, 0) is 18.4 Å². The zero-order valence-corrected chi connectivity index (χ0v) is 15.8. The highest BCUT2D eigenvalue weighted by Crippen LogP contribution is 2.55. The van der Waals surface area contributed by atoms with Crippen molar-refractivity contribution in [2.75, 3.05) is 13.6 Å². The maximum atomic E-state index is 6.18. The average molecular weight is 348 g/mol. The summed E-state index contributed by atoms with van der Waals surface area (Å²) in [4.78, 5) is 2.64. The van der Waals surface area contributed by atoms with Gasteiger partial charge in [-0.25, -0.2) is 0 Å². The Morgan fingerprint density at radius 2 is 1.96 bits per heavy atom. The Balaban J connectivity index is 1.47. The summed E-state index contributed by atoms with van der Waals surface area (Å²) >= 11 is 0. The van der Waals surface area contributed by atoms with E-state index in [-0.39, 0.29) is 0 Å². The molecule has 2 bridgehead atoms. The Morgan fingerprint density at radius 1 is 1.08 bits per heavy atom. The lowest BCUT2D eigenvalue weighted by Crippen LogP contribution is -2.59. The van der Waals surface area contributed by atoms with E-state index in [1.165, 1.54) is 50.6 Å². The molecular formula is C24H29NO. The molecule has 2 heteroatoms. The van der Waals surface area contributed by atoms with Gasteiger partial charge in [-0.2, -0.15) is 0 Å². The van der Waals surface area contributed by atoms with Crippen LogP contribution in [0.15, 0.2) is 48.5 Å². The predicted molar refractivity (Wildman–Crippen MR) is 106 cm³/mol. The van der Waals surface area contributed by atoms with E-state index in [4.69, 9.17) is 4.74 Å². The van der Waals surface area contributed by atoms with Crippen molar-refractivity contribution in [3.8, 4) is 5.75 Å². The van der Waals surface area contributed by atoms with Crippen molar-refractivity contribution in [1.29, 1.82) is 0 Å². The van der Waals surface area contributed by atoms with E-state index in [1.807, 2.05) is 0 Å². The van der Waals surface area contributed by atoms with Crippen molar-refractivity contribution in [2.24, 2.45) is 5.92 Å². The number of piperidine rings is 1. The molecule has 2 aromatic rings. The van der Waals surface area contributed by atoms with Gasteiger partial charge in [0.1, 0.15) is 12.4 Å². The first-order valence-electron chi connectivity index (χ1n) is 10.3. The number of ether oxygens (including phenoxy) is 1. The molecule has 136 valence electrons. The maximum Gasteiger partial charge on any atom is 0.120 e. The Morgan fingerprint density at radius 3 is 2.85 bits per heavy atom. The molecule has 0 radical (unpaired) electrons. The van der Waals surface area contributed by atoms with Crippen molar-refractivity contribution in [3.63, 3.8) is 0 Å². The number of benzene rings is 2. The quantitative estimate of drug-likeness (QED) is 0.778.